The number of hydrogen-bond donors (Lipinski definition) is 0. The summed E-state index contributed by atoms with van der Waals surface area (Å²) in [7, 11) is 0. The van der Waals surface area contributed by atoms with Crippen LogP contribution in [0.15, 0.2) is 48.7 Å². The largest absolute Gasteiger partial charge is 0.471 e. The topological polar surface area (TPSA) is 86.5 Å². The quantitative estimate of drug-likeness (QED) is 0.824. The summed E-state index contributed by atoms with van der Waals surface area (Å²) in [5.41, 5.74) is 1.30. The van der Waals surface area contributed by atoms with Crippen molar-refractivity contribution in [3.05, 3.63) is 54.2 Å². The lowest BCUT2D eigenvalue weighted by molar-refractivity contribution is -0.144. The summed E-state index contributed by atoms with van der Waals surface area (Å²) in [6.07, 6.45) is 1.59. The van der Waals surface area contributed by atoms with Crippen molar-refractivity contribution in [1.29, 1.82) is 5.26 Å². The molecule has 2 aliphatic heterocycles. The molecule has 7 nitrogen and oxygen atoms in total. The Hall–Kier alpha value is -3.40. The van der Waals surface area contributed by atoms with Crippen molar-refractivity contribution in [2.45, 2.75) is 12.5 Å². The van der Waals surface area contributed by atoms with Crippen molar-refractivity contribution in [2.75, 3.05) is 24.5 Å². The standard InChI is InChI=1S/C20H18N4O3/c21-9-14-6-7-18(22-10-14)27-17-12-23(13-17)20(26)15-8-19(25)24(11-15)16-4-2-1-3-5-16/h1-7,10,15,17H,8,11-13H2. The zero-order valence-corrected chi connectivity index (χ0v) is 14.6. The second-order valence-electron chi connectivity index (χ2n) is 6.72. The molecule has 0 aliphatic carbocycles. The van der Waals surface area contributed by atoms with Crippen LogP contribution in [0.1, 0.15) is 12.0 Å². The van der Waals surface area contributed by atoms with Gasteiger partial charge in [-0.25, -0.2) is 4.98 Å². The van der Waals surface area contributed by atoms with E-state index in [1.807, 2.05) is 36.4 Å². The van der Waals surface area contributed by atoms with E-state index >= 15 is 0 Å². The predicted molar refractivity (Wildman–Crippen MR) is 96.9 cm³/mol. The maximum atomic E-state index is 12.7. The number of benzene rings is 1. The van der Waals surface area contributed by atoms with Gasteiger partial charge in [-0.1, -0.05) is 18.2 Å². The number of ether oxygens (including phenoxy) is 1. The molecule has 0 saturated carbocycles. The first-order valence-corrected chi connectivity index (χ1v) is 8.81. The lowest BCUT2D eigenvalue weighted by Crippen LogP contribution is -2.57. The Labute approximate surface area is 156 Å². The van der Waals surface area contributed by atoms with Crippen molar-refractivity contribution in [2.24, 2.45) is 5.92 Å². The van der Waals surface area contributed by atoms with E-state index < -0.39 is 0 Å². The van der Waals surface area contributed by atoms with Gasteiger partial charge in [-0.3, -0.25) is 9.59 Å². The van der Waals surface area contributed by atoms with Crippen molar-refractivity contribution in [3.63, 3.8) is 0 Å². The third kappa shape index (κ3) is 3.47. The first-order valence-electron chi connectivity index (χ1n) is 8.81. The first-order chi connectivity index (χ1) is 13.1. The van der Waals surface area contributed by atoms with E-state index in [0.717, 1.165) is 5.69 Å². The van der Waals surface area contributed by atoms with E-state index in [2.05, 4.69) is 4.98 Å². The molecule has 4 rings (SSSR count). The van der Waals surface area contributed by atoms with Crippen LogP contribution in [0.4, 0.5) is 5.69 Å². The number of rotatable bonds is 4. The first kappa shape index (κ1) is 17.0. The van der Waals surface area contributed by atoms with Gasteiger partial charge >= 0.3 is 0 Å². The van der Waals surface area contributed by atoms with E-state index in [4.69, 9.17) is 10.00 Å². The van der Waals surface area contributed by atoms with Gasteiger partial charge in [0, 0.05) is 30.9 Å². The Morgan fingerprint density at radius 3 is 2.59 bits per heavy atom. The molecule has 2 amide bonds. The van der Waals surface area contributed by atoms with Gasteiger partial charge in [0.05, 0.1) is 24.6 Å². The summed E-state index contributed by atoms with van der Waals surface area (Å²) in [6.45, 7) is 1.38. The minimum Gasteiger partial charge on any atom is -0.471 e. The van der Waals surface area contributed by atoms with Crippen LogP contribution in [-0.2, 0) is 9.59 Å². The zero-order valence-electron chi connectivity index (χ0n) is 14.6. The van der Waals surface area contributed by atoms with Crippen LogP contribution in [0.25, 0.3) is 0 Å². The summed E-state index contributed by atoms with van der Waals surface area (Å²) in [5, 5.41) is 8.78. The highest BCUT2D eigenvalue weighted by Gasteiger charge is 2.41. The van der Waals surface area contributed by atoms with E-state index in [1.165, 1.54) is 6.20 Å². The van der Waals surface area contributed by atoms with Gasteiger partial charge in [0.25, 0.3) is 0 Å². The predicted octanol–water partition coefficient (Wildman–Crippen LogP) is 1.60. The van der Waals surface area contributed by atoms with Crippen LogP contribution >= 0.6 is 0 Å². The number of carbonyl (C=O) groups excluding carboxylic acids is 2. The number of anilines is 1. The van der Waals surface area contributed by atoms with E-state index in [0.29, 0.717) is 31.1 Å². The van der Waals surface area contributed by atoms with Crippen molar-refractivity contribution in [1.82, 2.24) is 9.88 Å². The molecule has 1 aromatic carbocycles. The summed E-state index contributed by atoms with van der Waals surface area (Å²) in [5.74, 6) is 0.105. The highest BCUT2D eigenvalue weighted by Crippen LogP contribution is 2.28. The summed E-state index contributed by atoms with van der Waals surface area (Å²) in [4.78, 5) is 32.4. The number of likely N-dealkylation sites (tertiary alicyclic amines) is 1. The molecule has 0 spiro atoms. The smallest absolute Gasteiger partial charge is 0.228 e. The fraction of sp³-hybridized carbons (Fsp3) is 0.300. The monoisotopic (exact) mass is 362 g/mol. The minimum absolute atomic E-state index is 0.00517. The lowest BCUT2D eigenvalue weighted by Gasteiger charge is -2.39. The van der Waals surface area contributed by atoms with Gasteiger partial charge in [0.1, 0.15) is 12.2 Å². The fourth-order valence-electron chi connectivity index (χ4n) is 3.37. The maximum absolute atomic E-state index is 12.7. The van der Waals surface area contributed by atoms with Crippen LogP contribution < -0.4 is 9.64 Å². The van der Waals surface area contributed by atoms with E-state index in [-0.39, 0.29) is 30.3 Å². The van der Waals surface area contributed by atoms with Gasteiger partial charge in [-0.05, 0) is 18.2 Å². The number of pyridine rings is 1. The van der Waals surface area contributed by atoms with Crippen LogP contribution in [0.3, 0.4) is 0 Å². The van der Waals surface area contributed by atoms with Crippen molar-refractivity contribution < 1.29 is 14.3 Å². The molecule has 1 atom stereocenters. The van der Waals surface area contributed by atoms with Crippen molar-refractivity contribution in [3.8, 4) is 11.9 Å². The molecule has 2 aliphatic rings. The molecule has 27 heavy (non-hydrogen) atoms. The molecular formula is C20H18N4O3. The van der Waals surface area contributed by atoms with Crippen LogP contribution in [0.2, 0.25) is 0 Å². The molecule has 1 unspecified atom stereocenters. The normalized spacial score (nSPS) is 19.5. The Balaban J connectivity index is 1.30. The summed E-state index contributed by atoms with van der Waals surface area (Å²) < 4.78 is 5.71. The minimum atomic E-state index is -0.313. The van der Waals surface area contributed by atoms with Gasteiger partial charge < -0.3 is 14.5 Å². The van der Waals surface area contributed by atoms with E-state index in [9.17, 15) is 9.59 Å². The molecule has 0 bridgehead atoms. The molecule has 0 N–H and O–H groups in total. The lowest BCUT2D eigenvalue weighted by atomic mass is 10.0. The number of amides is 2. The van der Waals surface area contributed by atoms with E-state index in [1.54, 1.807) is 21.9 Å². The average molecular weight is 362 g/mol. The highest BCUT2D eigenvalue weighted by atomic mass is 16.5. The second kappa shape index (κ2) is 7.08. The fourth-order valence-corrected chi connectivity index (χ4v) is 3.37. The molecule has 3 heterocycles. The molecule has 2 saturated heterocycles. The number of carbonyl (C=O) groups is 2. The van der Waals surface area contributed by atoms with Gasteiger partial charge in [0.15, 0.2) is 0 Å². The van der Waals surface area contributed by atoms with Gasteiger partial charge in [0.2, 0.25) is 17.7 Å². The summed E-state index contributed by atoms with van der Waals surface area (Å²) >= 11 is 0. The Bertz CT molecular complexity index is 886. The van der Waals surface area contributed by atoms with Crippen molar-refractivity contribution >= 4 is 17.5 Å². The van der Waals surface area contributed by atoms with Crippen LogP contribution in [-0.4, -0.2) is 47.4 Å². The third-order valence-corrected chi connectivity index (χ3v) is 4.85. The number of hydrogen-bond acceptors (Lipinski definition) is 5. The molecule has 7 heteroatoms. The molecule has 136 valence electrons. The van der Waals surface area contributed by atoms with Crippen LogP contribution in [0, 0.1) is 17.2 Å². The number of nitrogens with zero attached hydrogens (tertiary/aromatic N) is 4. The Kier molecular flexibility index (Phi) is 4.47. The number of para-hydroxylation sites is 1. The van der Waals surface area contributed by atoms with Gasteiger partial charge in [-0.2, -0.15) is 5.26 Å². The zero-order chi connectivity index (χ0) is 18.8. The SMILES string of the molecule is N#Cc1ccc(OC2CN(C(=O)C3CC(=O)N(c4ccccc4)C3)C2)nc1. The number of nitriles is 1. The number of aromatic nitrogens is 1. The van der Waals surface area contributed by atoms with Gasteiger partial charge in [-0.15, -0.1) is 0 Å². The molecular weight excluding hydrogens is 344 g/mol. The highest BCUT2D eigenvalue weighted by molar-refractivity contribution is 6.00. The van der Waals surface area contributed by atoms with Crippen LogP contribution in [0.5, 0.6) is 5.88 Å². The molecule has 0 radical (unpaired) electrons. The molecule has 2 aromatic rings. The Morgan fingerprint density at radius 2 is 1.93 bits per heavy atom. The Morgan fingerprint density at radius 1 is 1.15 bits per heavy atom. The maximum Gasteiger partial charge on any atom is 0.228 e. The second-order valence-corrected chi connectivity index (χ2v) is 6.72. The molecule has 1 aromatic heterocycles. The third-order valence-electron chi connectivity index (χ3n) is 4.85. The average Bonchev–Trinajstić information content (AvgIpc) is 3.07. The molecule has 2 fully saturated rings. The summed E-state index contributed by atoms with van der Waals surface area (Å²) in [6, 6.07) is 14.7.